The van der Waals surface area contributed by atoms with Gasteiger partial charge in [0.1, 0.15) is 11.5 Å². The maximum Gasteiger partial charge on any atom is 0.306 e. The number of carbonyl (C=O) groups is 2. The van der Waals surface area contributed by atoms with E-state index in [1.807, 2.05) is 13.8 Å². The minimum Gasteiger partial charge on any atom is -0.497 e. The van der Waals surface area contributed by atoms with E-state index in [0.29, 0.717) is 29.5 Å². The number of nitrogens with one attached hydrogen (secondary N) is 1. The van der Waals surface area contributed by atoms with Gasteiger partial charge in [0.15, 0.2) is 6.61 Å². The predicted molar refractivity (Wildman–Crippen MR) is 83.2 cm³/mol. The molecule has 0 saturated heterocycles. The van der Waals surface area contributed by atoms with Gasteiger partial charge in [0.05, 0.1) is 14.2 Å². The molecule has 6 nitrogen and oxygen atoms in total. The molecule has 0 heterocycles. The first kappa shape index (κ1) is 17.8. The van der Waals surface area contributed by atoms with E-state index in [9.17, 15) is 9.59 Å². The highest BCUT2D eigenvalue weighted by molar-refractivity contribution is 5.93. The molecule has 0 bridgehead atoms. The molecule has 0 radical (unpaired) electrons. The molecule has 0 unspecified atom stereocenters. The Morgan fingerprint density at radius 2 is 1.68 bits per heavy atom. The Morgan fingerprint density at radius 1 is 1.09 bits per heavy atom. The summed E-state index contributed by atoms with van der Waals surface area (Å²) in [6.07, 6.45) is 1.06. The maximum absolute atomic E-state index is 11.8. The van der Waals surface area contributed by atoms with Gasteiger partial charge in [-0.1, -0.05) is 13.8 Å². The summed E-state index contributed by atoms with van der Waals surface area (Å²) in [5, 5.41) is 2.64. The molecule has 1 rings (SSSR count). The van der Waals surface area contributed by atoms with Gasteiger partial charge in [-0.3, -0.25) is 9.59 Å². The molecule has 1 amide bonds. The molecule has 0 saturated carbocycles. The third-order valence-corrected chi connectivity index (χ3v) is 2.93. The fourth-order valence-corrected chi connectivity index (χ4v) is 1.70. The predicted octanol–water partition coefficient (Wildman–Crippen LogP) is 2.62. The largest absolute Gasteiger partial charge is 0.497 e. The van der Waals surface area contributed by atoms with Crippen LogP contribution in [0.4, 0.5) is 5.69 Å². The zero-order valence-electron chi connectivity index (χ0n) is 13.5. The van der Waals surface area contributed by atoms with Crippen LogP contribution in [0.5, 0.6) is 11.5 Å². The Hall–Kier alpha value is -2.24. The lowest BCUT2D eigenvalue weighted by Crippen LogP contribution is -2.21. The second-order valence-electron chi connectivity index (χ2n) is 5.24. The fraction of sp³-hybridized carbons (Fsp3) is 0.500. The molecule has 122 valence electrons. The van der Waals surface area contributed by atoms with Crippen LogP contribution in [0.1, 0.15) is 26.7 Å². The Labute approximate surface area is 130 Å². The van der Waals surface area contributed by atoms with Gasteiger partial charge >= 0.3 is 5.97 Å². The zero-order valence-corrected chi connectivity index (χ0v) is 13.5. The Kier molecular flexibility index (Phi) is 7.22. The first-order valence-electron chi connectivity index (χ1n) is 7.13. The summed E-state index contributed by atoms with van der Waals surface area (Å²) in [4.78, 5) is 23.2. The Morgan fingerprint density at radius 3 is 2.18 bits per heavy atom. The fourth-order valence-electron chi connectivity index (χ4n) is 1.70. The molecule has 0 aromatic heterocycles. The van der Waals surface area contributed by atoms with Crippen LogP contribution in [0.3, 0.4) is 0 Å². The number of rotatable bonds is 8. The Bertz CT molecular complexity index is 491. The van der Waals surface area contributed by atoms with E-state index in [0.717, 1.165) is 6.42 Å². The van der Waals surface area contributed by atoms with Gasteiger partial charge < -0.3 is 19.5 Å². The summed E-state index contributed by atoms with van der Waals surface area (Å²) in [7, 11) is 3.05. The molecule has 0 fully saturated rings. The highest BCUT2D eigenvalue weighted by Gasteiger charge is 2.10. The van der Waals surface area contributed by atoms with Gasteiger partial charge in [-0.15, -0.1) is 0 Å². The average molecular weight is 309 g/mol. The lowest BCUT2D eigenvalue weighted by molar-refractivity contribution is -0.147. The van der Waals surface area contributed by atoms with Crippen molar-refractivity contribution in [3.8, 4) is 11.5 Å². The molecule has 1 N–H and O–H groups in total. The second-order valence-corrected chi connectivity index (χ2v) is 5.24. The highest BCUT2D eigenvalue weighted by atomic mass is 16.5. The van der Waals surface area contributed by atoms with E-state index >= 15 is 0 Å². The van der Waals surface area contributed by atoms with Crippen molar-refractivity contribution in [3.63, 3.8) is 0 Å². The number of ether oxygens (including phenoxy) is 3. The molecule has 0 aliphatic rings. The molecule has 0 aliphatic carbocycles. The van der Waals surface area contributed by atoms with E-state index in [1.54, 1.807) is 18.2 Å². The van der Waals surface area contributed by atoms with Gasteiger partial charge in [-0.25, -0.2) is 0 Å². The third-order valence-electron chi connectivity index (χ3n) is 2.93. The first-order chi connectivity index (χ1) is 10.4. The molecular formula is C16H23NO5. The van der Waals surface area contributed by atoms with Crippen molar-refractivity contribution in [3.05, 3.63) is 18.2 Å². The molecule has 6 heteroatoms. The zero-order chi connectivity index (χ0) is 16.5. The third kappa shape index (κ3) is 6.47. The number of methoxy groups -OCH3 is 2. The van der Waals surface area contributed by atoms with Crippen molar-refractivity contribution in [2.75, 3.05) is 26.1 Å². The SMILES string of the molecule is COc1cc(NC(=O)COC(=O)CCC(C)C)cc(OC)c1. The number of benzene rings is 1. The first-order valence-corrected chi connectivity index (χ1v) is 7.13. The summed E-state index contributed by atoms with van der Waals surface area (Å²) in [5.41, 5.74) is 0.513. The molecule has 22 heavy (non-hydrogen) atoms. The number of anilines is 1. The van der Waals surface area contributed by atoms with Crippen LogP contribution in [0, 0.1) is 5.92 Å². The average Bonchev–Trinajstić information content (AvgIpc) is 2.50. The second kappa shape index (κ2) is 8.92. The number of hydrogen-bond donors (Lipinski definition) is 1. The van der Waals surface area contributed by atoms with Crippen molar-refractivity contribution in [1.29, 1.82) is 0 Å². The molecule has 0 spiro atoms. The quantitative estimate of drug-likeness (QED) is 0.747. The number of carbonyl (C=O) groups excluding carboxylic acids is 2. The van der Waals surface area contributed by atoms with Crippen LogP contribution in [0.25, 0.3) is 0 Å². The van der Waals surface area contributed by atoms with Crippen molar-refractivity contribution in [1.82, 2.24) is 0 Å². The topological polar surface area (TPSA) is 73.9 Å². The lowest BCUT2D eigenvalue weighted by Gasteiger charge is -2.10. The highest BCUT2D eigenvalue weighted by Crippen LogP contribution is 2.25. The molecule has 0 atom stereocenters. The van der Waals surface area contributed by atoms with Crippen LogP contribution in [0.2, 0.25) is 0 Å². The van der Waals surface area contributed by atoms with Crippen molar-refractivity contribution < 1.29 is 23.8 Å². The lowest BCUT2D eigenvalue weighted by atomic mass is 10.1. The summed E-state index contributed by atoms with van der Waals surface area (Å²) in [5.74, 6) is 0.762. The van der Waals surface area contributed by atoms with Crippen LogP contribution in [-0.2, 0) is 14.3 Å². The van der Waals surface area contributed by atoms with E-state index < -0.39 is 5.91 Å². The van der Waals surface area contributed by atoms with Crippen molar-refractivity contribution in [2.45, 2.75) is 26.7 Å². The van der Waals surface area contributed by atoms with E-state index in [1.165, 1.54) is 14.2 Å². The summed E-state index contributed by atoms with van der Waals surface area (Å²) in [6.45, 7) is 3.74. The van der Waals surface area contributed by atoms with E-state index in [-0.39, 0.29) is 12.6 Å². The summed E-state index contributed by atoms with van der Waals surface area (Å²) >= 11 is 0. The van der Waals surface area contributed by atoms with Gasteiger partial charge in [-0.05, 0) is 12.3 Å². The van der Waals surface area contributed by atoms with Crippen molar-refractivity contribution >= 4 is 17.6 Å². The van der Waals surface area contributed by atoms with Crippen LogP contribution in [-0.4, -0.2) is 32.7 Å². The minimum absolute atomic E-state index is 0.309. The standard InChI is InChI=1S/C16H23NO5/c1-11(2)5-6-16(19)22-10-15(18)17-12-7-13(20-3)9-14(8-12)21-4/h7-9,11H,5-6,10H2,1-4H3,(H,17,18). The van der Waals surface area contributed by atoms with Crippen LogP contribution >= 0.6 is 0 Å². The molecule has 1 aromatic rings. The number of esters is 1. The maximum atomic E-state index is 11.8. The minimum atomic E-state index is -0.409. The Balaban J connectivity index is 2.49. The monoisotopic (exact) mass is 309 g/mol. The normalized spacial score (nSPS) is 10.2. The summed E-state index contributed by atoms with van der Waals surface area (Å²) < 4.78 is 15.2. The van der Waals surface area contributed by atoms with Crippen LogP contribution < -0.4 is 14.8 Å². The number of amides is 1. The van der Waals surface area contributed by atoms with Crippen molar-refractivity contribution in [2.24, 2.45) is 5.92 Å². The summed E-state index contributed by atoms with van der Waals surface area (Å²) in [6, 6.07) is 5.00. The van der Waals surface area contributed by atoms with Gasteiger partial charge in [0, 0.05) is 30.3 Å². The molecular weight excluding hydrogens is 286 g/mol. The van der Waals surface area contributed by atoms with Gasteiger partial charge in [0.2, 0.25) is 0 Å². The number of hydrogen-bond acceptors (Lipinski definition) is 5. The molecule has 1 aromatic carbocycles. The smallest absolute Gasteiger partial charge is 0.306 e. The molecule has 0 aliphatic heterocycles. The van der Waals surface area contributed by atoms with E-state index in [4.69, 9.17) is 14.2 Å². The van der Waals surface area contributed by atoms with Crippen LogP contribution in [0.15, 0.2) is 18.2 Å². The van der Waals surface area contributed by atoms with Gasteiger partial charge in [-0.2, -0.15) is 0 Å². The van der Waals surface area contributed by atoms with Gasteiger partial charge in [0.25, 0.3) is 5.91 Å². The van der Waals surface area contributed by atoms with E-state index in [2.05, 4.69) is 5.32 Å².